The summed E-state index contributed by atoms with van der Waals surface area (Å²) in [6.45, 7) is 8.63. The Balaban J connectivity index is 0.000000868. The zero-order chi connectivity index (χ0) is 30.5. The molecule has 1 saturated carbocycles. The van der Waals surface area contributed by atoms with E-state index in [1.165, 1.54) is 35.7 Å². The highest BCUT2D eigenvalue weighted by molar-refractivity contribution is 7.11. The predicted molar refractivity (Wildman–Crippen MR) is 172 cm³/mol. The number of aryl methyl sites for hydroxylation is 1. The summed E-state index contributed by atoms with van der Waals surface area (Å²) < 4.78 is 7.89. The maximum Gasteiger partial charge on any atom is 0.300 e. The number of nitrogen functional groups attached to an aromatic ring is 1. The van der Waals surface area contributed by atoms with E-state index in [2.05, 4.69) is 68.0 Å². The van der Waals surface area contributed by atoms with Crippen LogP contribution < -0.4 is 15.8 Å². The van der Waals surface area contributed by atoms with Gasteiger partial charge < -0.3 is 25.8 Å². The Morgan fingerprint density at radius 1 is 1.09 bits per heavy atom. The van der Waals surface area contributed by atoms with Gasteiger partial charge in [-0.1, -0.05) is 6.07 Å². The number of aromatic nitrogens is 4. The molecule has 4 aromatic rings. The Bertz CT molecular complexity index is 1530. The molecule has 1 aliphatic carbocycles. The minimum Gasteiger partial charge on any atom is -0.495 e. The fraction of sp³-hybridized carbons (Fsp3) is 0.484. The van der Waals surface area contributed by atoms with Crippen molar-refractivity contribution in [3.05, 3.63) is 46.4 Å². The Morgan fingerprint density at radius 3 is 2.44 bits per heavy atom. The van der Waals surface area contributed by atoms with E-state index in [-0.39, 0.29) is 0 Å². The predicted octanol–water partition coefficient (Wildman–Crippen LogP) is 4.89. The molecule has 2 aliphatic rings. The first-order chi connectivity index (χ1) is 20.7. The zero-order valence-corrected chi connectivity index (χ0v) is 26.2. The second-order valence-corrected chi connectivity index (χ2v) is 12.7. The highest BCUT2D eigenvalue weighted by atomic mass is 32.1. The first-order valence-corrected chi connectivity index (χ1v) is 15.6. The van der Waals surface area contributed by atoms with Crippen LogP contribution in [0.3, 0.4) is 0 Å². The Kier molecular flexibility index (Phi) is 9.79. The van der Waals surface area contributed by atoms with E-state index in [4.69, 9.17) is 25.5 Å². The largest absolute Gasteiger partial charge is 0.495 e. The molecule has 4 heterocycles. The SMILES string of the molecule is CC(=O)O.COc1cc(-c2nn(C3CCC(N4CCN(C)CC4)CC3)c3ncnc(N)c23)ccc1NCc1ccc(C)s1. The van der Waals surface area contributed by atoms with Gasteiger partial charge >= 0.3 is 0 Å². The molecule has 0 amide bonds. The van der Waals surface area contributed by atoms with E-state index in [0.29, 0.717) is 17.9 Å². The molecule has 1 saturated heterocycles. The summed E-state index contributed by atoms with van der Waals surface area (Å²) in [7, 11) is 3.92. The first-order valence-electron chi connectivity index (χ1n) is 14.8. The van der Waals surface area contributed by atoms with E-state index in [0.717, 1.165) is 73.1 Å². The van der Waals surface area contributed by atoms with Crippen LogP contribution in [0.15, 0.2) is 36.7 Å². The summed E-state index contributed by atoms with van der Waals surface area (Å²) in [6.07, 6.45) is 6.10. The fourth-order valence-corrected chi connectivity index (χ4v) is 6.88. The van der Waals surface area contributed by atoms with Gasteiger partial charge in [-0.05, 0) is 63.9 Å². The van der Waals surface area contributed by atoms with Gasteiger partial charge in [0.15, 0.2) is 5.65 Å². The number of thiophene rings is 1. The highest BCUT2D eigenvalue weighted by Gasteiger charge is 2.30. The molecule has 2 fully saturated rings. The van der Waals surface area contributed by atoms with E-state index in [1.54, 1.807) is 24.8 Å². The van der Waals surface area contributed by atoms with Gasteiger partial charge in [0, 0.05) is 61.0 Å². The standard InChI is InChI=1S/C29H38N8OS.C2H4O2/c1-19-4-10-23(39-19)17-31-24-11-5-20(16-25(24)38-3)27-26-28(30)32-18-33-29(26)37(34-27)22-8-6-21(7-9-22)36-14-12-35(2)13-15-36;1-2(3)4/h4-5,10-11,16,18,21-22,31H,6-9,12-15,17H2,1-3H3,(H2,30,32,33);1H3,(H,3,4). The van der Waals surface area contributed by atoms with Crippen LogP contribution in [0.1, 0.15) is 48.4 Å². The monoisotopic (exact) mass is 606 g/mol. The number of carbonyl (C=O) groups is 1. The number of benzene rings is 1. The van der Waals surface area contributed by atoms with Gasteiger partial charge in [0.1, 0.15) is 23.6 Å². The number of anilines is 2. The average Bonchev–Trinajstić information content (AvgIpc) is 3.60. The van der Waals surface area contributed by atoms with E-state index in [1.807, 2.05) is 6.07 Å². The number of carboxylic acids is 1. The van der Waals surface area contributed by atoms with E-state index < -0.39 is 5.97 Å². The number of hydrogen-bond donors (Lipinski definition) is 3. The van der Waals surface area contributed by atoms with Gasteiger partial charge in [-0.2, -0.15) is 5.10 Å². The smallest absolute Gasteiger partial charge is 0.300 e. The lowest BCUT2D eigenvalue weighted by Gasteiger charge is -2.41. The van der Waals surface area contributed by atoms with Gasteiger partial charge in [0.05, 0.1) is 24.2 Å². The maximum absolute atomic E-state index is 9.00. The van der Waals surface area contributed by atoms with Crippen molar-refractivity contribution in [2.24, 2.45) is 0 Å². The molecule has 0 radical (unpaired) electrons. The maximum atomic E-state index is 9.00. The van der Waals surface area contributed by atoms with Gasteiger partial charge in [-0.15, -0.1) is 11.3 Å². The van der Waals surface area contributed by atoms with E-state index >= 15 is 0 Å². The Hall–Kier alpha value is -3.74. The van der Waals surface area contributed by atoms with Crippen LogP contribution in [0.25, 0.3) is 22.3 Å². The molecular weight excluding hydrogens is 564 g/mol. The average molecular weight is 607 g/mol. The minimum absolute atomic E-state index is 0.302. The molecule has 0 unspecified atom stereocenters. The van der Waals surface area contributed by atoms with Crippen molar-refractivity contribution in [3.8, 4) is 17.0 Å². The molecule has 230 valence electrons. The molecule has 0 atom stereocenters. The molecular formula is C31H42N8O3S. The number of likely N-dealkylation sites (N-methyl/N-ethyl adjacent to an activating group) is 1. The summed E-state index contributed by atoms with van der Waals surface area (Å²) in [6, 6.07) is 11.4. The number of hydrogen-bond acceptors (Lipinski definition) is 10. The number of ether oxygens (including phenoxy) is 1. The van der Waals surface area contributed by atoms with Crippen LogP contribution in [0, 0.1) is 6.92 Å². The molecule has 0 bridgehead atoms. The fourth-order valence-electron chi connectivity index (χ4n) is 6.05. The number of rotatable bonds is 7. The lowest BCUT2D eigenvalue weighted by atomic mass is 9.90. The molecule has 12 heteroatoms. The van der Waals surface area contributed by atoms with Crippen LogP contribution in [0.5, 0.6) is 5.75 Å². The quantitative estimate of drug-likeness (QED) is 0.267. The normalized spacial score (nSPS) is 19.5. The number of fused-ring (bicyclic) bond motifs is 1. The van der Waals surface area contributed by atoms with Crippen LogP contribution >= 0.6 is 11.3 Å². The third-order valence-electron chi connectivity index (χ3n) is 8.31. The van der Waals surface area contributed by atoms with Crippen LogP contribution in [-0.4, -0.2) is 87.0 Å². The summed E-state index contributed by atoms with van der Waals surface area (Å²) >= 11 is 1.80. The number of nitrogens with one attached hydrogen (secondary N) is 1. The summed E-state index contributed by atoms with van der Waals surface area (Å²) in [5, 5.41) is 16.9. The summed E-state index contributed by atoms with van der Waals surface area (Å²) in [5.74, 6) is 0.396. The minimum atomic E-state index is -0.833. The second kappa shape index (κ2) is 13.7. The number of carboxylic acid groups (broad SMARTS) is 1. The first kappa shape index (κ1) is 30.7. The van der Waals surface area contributed by atoms with Crippen molar-refractivity contribution in [1.29, 1.82) is 0 Å². The molecule has 43 heavy (non-hydrogen) atoms. The van der Waals surface area contributed by atoms with Gasteiger partial charge in [-0.3, -0.25) is 9.69 Å². The highest BCUT2D eigenvalue weighted by Crippen LogP contribution is 2.39. The van der Waals surface area contributed by atoms with Crippen molar-refractivity contribution in [2.75, 3.05) is 51.4 Å². The zero-order valence-electron chi connectivity index (χ0n) is 25.4. The van der Waals surface area contributed by atoms with Crippen molar-refractivity contribution >= 4 is 39.8 Å². The summed E-state index contributed by atoms with van der Waals surface area (Å²) in [4.78, 5) is 25.7. The van der Waals surface area contributed by atoms with Crippen molar-refractivity contribution in [1.82, 2.24) is 29.5 Å². The third kappa shape index (κ3) is 7.26. The molecule has 1 aromatic carbocycles. The number of piperazine rings is 1. The second-order valence-electron chi connectivity index (χ2n) is 11.4. The topological polar surface area (TPSA) is 135 Å². The van der Waals surface area contributed by atoms with Gasteiger partial charge in [0.2, 0.25) is 0 Å². The molecule has 4 N–H and O–H groups in total. The van der Waals surface area contributed by atoms with Crippen molar-refractivity contribution < 1.29 is 14.6 Å². The van der Waals surface area contributed by atoms with Crippen molar-refractivity contribution in [3.63, 3.8) is 0 Å². The molecule has 3 aromatic heterocycles. The lowest BCUT2D eigenvalue weighted by Crippen LogP contribution is -2.49. The number of aliphatic carboxylic acids is 1. The molecule has 1 aliphatic heterocycles. The van der Waals surface area contributed by atoms with Crippen LogP contribution in [-0.2, 0) is 11.3 Å². The molecule has 6 rings (SSSR count). The van der Waals surface area contributed by atoms with Crippen LogP contribution in [0.4, 0.5) is 11.5 Å². The summed E-state index contributed by atoms with van der Waals surface area (Å²) in [5.41, 5.74) is 9.94. The molecule has 11 nitrogen and oxygen atoms in total. The van der Waals surface area contributed by atoms with Crippen molar-refractivity contribution in [2.45, 2.75) is 58.2 Å². The number of methoxy groups -OCH3 is 1. The third-order valence-corrected chi connectivity index (χ3v) is 9.31. The Morgan fingerprint density at radius 2 is 1.79 bits per heavy atom. The number of nitrogens with two attached hydrogens (primary N) is 1. The lowest BCUT2D eigenvalue weighted by molar-refractivity contribution is -0.134. The molecule has 0 spiro atoms. The van der Waals surface area contributed by atoms with Gasteiger partial charge in [0.25, 0.3) is 5.97 Å². The number of nitrogens with zero attached hydrogens (tertiary/aromatic N) is 6. The van der Waals surface area contributed by atoms with Gasteiger partial charge in [-0.25, -0.2) is 14.6 Å². The Labute approximate surface area is 256 Å². The van der Waals surface area contributed by atoms with Crippen LogP contribution in [0.2, 0.25) is 0 Å². The van der Waals surface area contributed by atoms with E-state index in [9.17, 15) is 0 Å².